The summed E-state index contributed by atoms with van der Waals surface area (Å²) in [4.78, 5) is 42.4. The van der Waals surface area contributed by atoms with Crippen LogP contribution in [0, 0.1) is 10.1 Å². The summed E-state index contributed by atoms with van der Waals surface area (Å²) in [6.45, 7) is 4.69. The lowest BCUT2D eigenvalue weighted by atomic mass is 10.1. The van der Waals surface area contributed by atoms with Gasteiger partial charge in [-0.25, -0.2) is 0 Å². The highest BCUT2D eigenvalue weighted by atomic mass is 16.6. The normalized spacial score (nSPS) is 19.7. The Morgan fingerprint density at radius 1 is 1.42 bits per heavy atom. The number of ether oxygens (including phenoxy) is 1. The van der Waals surface area contributed by atoms with Crippen LogP contribution in [-0.2, 0) is 9.59 Å². The molecule has 1 aromatic heterocycles. The van der Waals surface area contributed by atoms with Crippen molar-refractivity contribution >= 4 is 23.5 Å². The second-order valence-electron chi connectivity index (χ2n) is 6.13. The number of fused-ring (bicyclic) bond motifs is 1. The van der Waals surface area contributed by atoms with Gasteiger partial charge in [0.2, 0.25) is 5.91 Å². The smallest absolute Gasteiger partial charge is 0.366 e. The SMILES string of the molecule is CCC1Oc2ccc([N+](=O)[O-])nc2N(CCC(=O)N2CCNCC2)C1=O. The number of nitrogens with one attached hydrogen (secondary N) is 1. The van der Waals surface area contributed by atoms with Crippen LogP contribution in [0.5, 0.6) is 5.75 Å². The van der Waals surface area contributed by atoms with Crippen LogP contribution >= 0.6 is 0 Å². The maximum Gasteiger partial charge on any atom is 0.366 e. The molecule has 1 atom stereocenters. The van der Waals surface area contributed by atoms with E-state index in [1.807, 2.05) is 6.92 Å². The third-order valence-corrected chi connectivity index (χ3v) is 4.47. The molecule has 26 heavy (non-hydrogen) atoms. The van der Waals surface area contributed by atoms with E-state index < -0.39 is 11.0 Å². The fraction of sp³-hybridized carbons (Fsp3) is 0.562. The van der Waals surface area contributed by atoms with E-state index in [4.69, 9.17) is 4.74 Å². The molecule has 0 radical (unpaired) electrons. The number of hydrogen-bond donors (Lipinski definition) is 1. The molecule has 0 saturated carbocycles. The molecule has 0 bridgehead atoms. The number of pyridine rings is 1. The molecule has 10 heteroatoms. The largest absolute Gasteiger partial charge is 0.474 e. The molecule has 140 valence electrons. The van der Waals surface area contributed by atoms with Crippen molar-refractivity contribution in [1.82, 2.24) is 15.2 Å². The molecule has 2 aliphatic rings. The van der Waals surface area contributed by atoms with Crippen LogP contribution in [0.1, 0.15) is 19.8 Å². The van der Waals surface area contributed by atoms with Crippen molar-refractivity contribution in [2.45, 2.75) is 25.9 Å². The third-order valence-electron chi connectivity index (χ3n) is 4.47. The standard InChI is InChI=1S/C16H21N5O5/c1-2-11-16(23)20(8-5-14(22)19-9-6-17-7-10-19)15-12(26-11)3-4-13(18-15)21(24)25/h3-4,11,17H,2,5-10H2,1H3. The van der Waals surface area contributed by atoms with Crippen LogP contribution in [0.15, 0.2) is 12.1 Å². The average molecular weight is 363 g/mol. The predicted molar refractivity (Wildman–Crippen MR) is 92.0 cm³/mol. The van der Waals surface area contributed by atoms with E-state index in [2.05, 4.69) is 10.3 Å². The Bertz CT molecular complexity index is 719. The third kappa shape index (κ3) is 3.59. The molecule has 0 spiro atoms. The van der Waals surface area contributed by atoms with Gasteiger partial charge < -0.3 is 25.1 Å². The zero-order chi connectivity index (χ0) is 18.7. The molecule has 1 N–H and O–H groups in total. The van der Waals surface area contributed by atoms with Gasteiger partial charge in [0.25, 0.3) is 11.7 Å². The van der Waals surface area contributed by atoms with E-state index in [-0.39, 0.29) is 36.4 Å². The molecule has 3 heterocycles. The number of aromatic nitrogens is 1. The van der Waals surface area contributed by atoms with Crippen molar-refractivity contribution in [2.24, 2.45) is 0 Å². The zero-order valence-electron chi connectivity index (χ0n) is 14.5. The minimum atomic E-state index is -0.681. The van der Waals surface area contributed by atoms with Crippen molar-refractivity contribution < 1.29 is 19.2 Å². The Labute approximate surface area is 150 Å². The first-order valence-electron chi connectivity index (χ1n) is 8.63. The van der Waals surface area contributed by atoms with Crippen LogP contribution in [-0.4, -0.2) is 65.4 Å². The second kappa shape index (κ2) is 7.65. The van der Waals surface area contributed by atoms with Crippen LogP contribution in [0.25, 0.3) is 0 Å². The van der Waals surface area contributed by atoms with E-state index in [0.717, 1.165) is 13.1 Å². The van der Waals surface area contributed by atoms with Gasteiger partial charge >= 0.3 is 5.82 Å². The van der Waals surface area contributed by atoms with E-state index in [1.54, 1.807) is 4.90 Å². The van der Waals surface area contributed by atoms with Gasteiger partial charge in [-0.1, -0.05) is 6.92 Å². The molecule has 3 rings (SSSR count). The number of rotatable bonds is 5. The van der Waals surface area contributed by atoms with E-state index in [1.165, 1.54) is 17.0 Å². The lowest BCUT2D eigenvalue weighted by Gasteiger charge is -2.32. The number of piperazine rings is 1. The van der Waals surface area contributed by atoms with Gasteiger partial charge in [0.05, 0.1) is 0 Å². The van der Waals surface area contributed by atoms with Gasteiger partial charge in [0.1, 0.15) is 0 Å². The summed E-state index contributed by atoms with van der Waals surface area (Å²) in [5, 5.41) is 14.2. The van der Waals surface area contributed by atoms with Crippen LogP contribution < -0.4 is 15.0 Å². The Kier molecular flexibility index (Phi) is 5.31. The molecule has 2 amide bonds. The van der Waals surface area contributed by atoms with E-state index >= 15 is 0 Å². The van der Waals surface area contributed by atoms with Crippen LogP contribution in [0.3, 0.4) is 0 Å². The average Bonchev–Trinajstić information content (AvgIpc) is 2.66. The molecular formula is C16H21N5O5. The van der Waals surface area contributed by atoms with E-state index in [9.17, 15) is 19.7 Å². The molecule has 1 saturated heterocycles. The first-order chi connectivity index (χ1) is 12.5. The number of carbonyl (C=O) groups excluding carboxylic acids is 2. The van der Waals surface area contributed by atoms with Gasteiger partial charge in [0.15, 0.2) is 11.9 Å². The number of nitro groups is 1. The monoisotopic (exact) mass is 363 g/mol. The summed E-state index contributed by atoms with van der Waals surface area (Å²) in [6, 6.07) is 2.69. The molecule has 1 fully saturated rings. The summed E-state index contributed by atoms with van der Waals surface area (Å²) in [7, 11) is 0. The lowest BCUT2D eigenvalue weighted by Crippen LogP contribution is -2.49. The zero-order valence-corrected chi connectivity index (χ0v) is 14.5. The first-order valence-corrected chi connectivity index (χ1v) is 8.63. The Hall–Kier alpha value is -2.75. The Balaban J connectivity index is 1.79. The van der Waals surface area contributed by atoms with Gasteiger partial charge in [-0.2, -0.15) is 0 Å². The van der Waals surface area contributed by atoms with Crippen LogP contribution in [0.4, 0.5) is 11.6 Å². The molecule has 0 aliphatic carbocycles. The maximum absolute atomic E-state index is 12.6. The van der Waals surface area contributed by atoms with Crippen molar-refractivity contribution in [3.8, 4) is 5.75 Å². The molecule has 1 unspecified atom stereocenters. The molecule has 2 aliphatic heterocycles. The highest BCUT2D eigenvalue weighted by Crippen LogP contribution is 2.34. The lowest BCUT2D eigenvalue weighted by molar-refractivity contribution is -0.389. The number of carbonyl (C=O) groups is 2. The maximum atomic E-state index is 12.6. The molecular weight excluding hydrogens is 342 g/mol. The number of nitrogens with zero attached hydrogens (tertiary/aromatic N) is 4. The van der Waals surface area contributed by atoms with Crippen molar-refractivity contribution in [2.75, 3.05) is 37.6 Å². The molecule has 10 nitrogen and oxygen atoms in total. The number of amides is 2. The van der Waals surface area contributed by atoms with Gasteiger partial charge in [-0.05, 0) is 22.4 Å². The molecule has 1 aromatic rings. The highest BCUT2D eigenvalue weighted by Gasteiger charge is 2.38. The summed E-state index contributed by atoms with van der Waals surface area (Å²) >= 11 is 0. The quantitative estimate of drug-likeness (QED) is 0.591. The minimum Gasteiger partial charge on any atom is -0.474 e. The molecule has 0 aromatic carbocycles. The Morgan fingerprint density at radius 2 is 2.15 bits per heavy atom. The van der Waals surface area contributed by atoms with E-state index in [0.29, 0.717) is 25.3 Å². The van der Waals surface area contributed by atoms with Crippen molar-refractivity contribution in [1.29, 1.82) is 0 Å². The topological polar surface area (TPSA) is 118 Å². The highest BCUT2D eigenvalue weighted by molar-refractivity contribution is 5.99. The number of hydrogen-bond acceptors (Lipinski definition) is 7. The Morgan fingerprint density at radius 3 is 2.81 bits per heavy atom. The fourth-order valence-corrected chi connectivity index (χ4v) is 3.05. The van der Waals surface area contributed by atoms with Crippen molar-refractivity contribution in [3.63, 3.8) is 0 Å². The summed E-state index contributed by atoms with van der Waals surface area (Å²) in [5.74, 6) is -0.334. The second-order valence-corrected chi connectivity index (χ2v) is 6.13. The fourth-order valence-electron chi connectivity index (χ4n) is 3.05. The van der Waals surface area contributed by atoms with Gasteiger partial charge in [-0.3, -0.25) is 14.5 Å². The van der Waals surface area contributed by atoms with Gasteiger partial charge in [-0.15, -0.1) is 0 Å². The van der Waals surface area contributed by atoms with Gasteiger partial charge in [0, 0.05) is 45.2 Å². The summed E-state index contributed by atoms with van der Waals surface area (Å²) in [6.07, 6.45) is -0.0937. The summed E-state index contributed by atoms with van der Waals surface area (Å²) < 4.78 is 5.60. The van der Waals surface area contributed by atoms with Crippen LogP contribution in [0.2, 0.25) is 0 Å². The van der Waals surface area contributed by atoms with Crippen molar-refractivity contribution in [3.05, 3.63) is 22.2 Å². The predicted octanol–water partition coefficient (Wildman–Crippen LogP) is 0.316. The first kappa shape index (κ1) is 18.1. The number of anilines is 1. The summed E-state index contributed by atoms with van der Waals surface area (Å²) in [5.41, 5.74) is 0. The minimum absolute atomic E-state index is 0.0502.